The molecule has 0 atom stereocenters. The van der Waals surface area contributed by atoms with Gasteiger partial charge in [-0.25, -0.2) is 13.4 Å². The molecule has 2 N–H and O–H groups in total. The maximum Gasteiger partial charge on any atom is 0.263 e. The fourth-order valence-corrected chi connectivity index (χ4v) is 5.23. The molecule has 35 heavy (non-hydrogen) atoms. The van der Waals surface area contributed by atoms with Crippen LogP contribution in [0.3, 0.4) is 0 Å². The van der Waals surface area contributed by atoms with E-state index in [1.807, 2.05) is 35.0 Å². The maximum atomic E-state index is 12.3. The Balaban J connectivity index is 1.04. The maximum absolute atomic E-state index is 12.3. The van der Waals surface area contributed by atoms with Crippen molar-refractivity contribution in [2.45, 2.75) is 37.1 Å². The highest BCUT2D eigenvalue weighted by molar-refractivity contribution is 7.90. The van der Waals surface area contributed by atoms with E-state index in [4.69, 9.17) is 0 Å². The lowest BCUT2D eigenvalue weighted by Gasteiger charge is -2.03. The van der Waals surface area contributed by atoms with Crippen molar-refractivity contribution in [2.75, 3.05) is 11.9 Å². The fourth-order valence-electron chi connectivity index (χ4n) is 3.98. The lowest BCUT2D eigenvalue weighted by Crippen LogP contribution is -2.22. The number of benzene rings is 1. The van der Waals surface area contributed by atoms with Crippen LogP contribution in [0.2, 0.25) is 0 Å². The van der Waals surface area contributed by atoms with Crippen LogP contribution in [0.15, 0.2) is 77.1 Å². The third kappa shape index (κ3) is 5.24. The Bertz CT molecular complexity index is 1470. The number of aliphatic imine (C=N–C) groups is 1. The number of nitrogens with zero attached hydrogens (tertiary/aromatic N) is 5. The normalized spacial score (nSPS) is 15.3. The van der Waals surface area contributed by atoms with E-state index in [9.17, 15) is 13.2 Å². The molecule has 0 fully saturated rings. The summed E-state index contributed by atoms with van der Waals surface area (Å²) in [6, 6.07) is 12.6. The van der Waals surface area contributed by atoms with E-state index >= 15 is 0 Å². The number of fused-ring (bicyclic) bond motifs is 2. The Labute approximate surface area is 202 Å². The second-order valence-electron chi connectivity index (χ2n) is 8.32. The quantitative estimate of drug-likeness (QED) is 0.349. The van der Waals surface area contributed by atoms with E-state index in [2.05, 4.69) is 25.1 Å². The summed E-state index contributed by atoms with van der Waals surface area (Å²) in [7, 11) is -3.51. The third-order valence-corrected chi connectivity index (χ3v) is 7.05. The first-order valence-electron chi connectivity index (χ1n) is 11.4. The van der Waals surface area contributed by atoms with Crippen LogP contribution >= 0.6 is 0 Å². The predicted octanol–water partition coefficient (Wildman–Crippen LogP) is 2.82. The number of pyridine rings is 1. The minimum absolute atomic E-state index is 0.0684. The highest BCUT2D eigenvalue weighted by atomic mass is 32.2. The zero-order valence-corrected chi connectivity index (χ0v) is 19.8. The average molecular weight is 492 g/mol. The van der Waals surface area contributed by atoms with E-state index < -0.39 is 10.0 Å². The molecule has 0 radical (unpaired) electrons. The van der Waals surface area contributed by atoms with Gasteiger partial charge in [0.1, 0.15) is 11.5 Å². The molecule has 1 aliphatic heterocycles. The second-order valence-corrected chi connectivity index (χ2v) is 9.97. The molecule has 11 heteroatoms. The summed E-state index contributed by atoms with van der Waals surface area (Å²) < 4.78 is 30.4. The zero-order chi connectivity index (χ0) is 24.3. The van der Waals surface area contributed by atoms with Crippen molar-refractivity contribution in [2.24, 2.45) is 4.99 Å². The highest BCUT2D eigenvalue weighted by Crippen LogP contribution is 2.22. The van der Waals surface area contributed by atoms with E-state index in [0.29, 0.717) is 43.0 Å². The SMILES string of the molecule is O=C(CCCCCN=C1NS(=O)(=O)c2ccccc21)Nc1cnn(Cc2cn3ccccc3n2)c1. The number of carbonyl (C=O) groups excluding carboxylic acids is 1. The van der Waals surface area contributed by atoms with Crippen LogP contribution in [0, 0.1) is 0 Å². The van der Waals surface area contributed by atoms with Gasteiger partial charge < -0.3 is 9.72 Å². The predicted molar refractivity (Wildman–Crippen MR) is 132 cm³/mol. The van der Waals surface area contributed by atoms with Crippen molar-refractivity contribution in [3.8, 4) is 0 Å². The number of unbranched alkanes of at least 4 members (excludes halogenated alkanes) is 2. The van der Waals surface area contributed by atoms with Crippen LogP contribution in [0.1, 0.15) is 36.9 Å². The van der Waals surface area contributed by atoms with Gasteiger partial charge in [-0.15, -0.1) is 0 Å². The van der Waals surface area contributed by atoms with Crippen molar-refractivity contribution in [1.82, 2.24) is 23.9 Å². The molecule has 4 aromatic rings. The largest absolute Gasteiger partial charge is 0.323 e. The minimum atomic E-state index is -3.51. The van der Waals surface area contributed by atoms with Gasteiger partial charge in [-0.2, -0.15) is 5.10 Å². The van der Waals surface area contributed by atoms with Crippen LogP contribution in [-0.4, -0.2) is 45.9 Å². The van der Waals surface area contributed by atoms with Crippen LogP contribution in [0.4, 0.5) is 5.69 Å². The molecule has 0 unspecified atom stereocenters. The number of hydrogen-bond acceptors (Lipinski definition) is 6. The molecule has 1 aliphatic rings. The van der Waals surface area contributed by atoms with Crippen molar-refractivity contribution >= 4 is 33.1 Å². The van der Waals surface area contributed by atoms with Gasteiger partial charge in [-0.3, -0.25) is 19.2 Å². The van der Waals surface area contributed by atoms with Crippen LogP contribution in [-0.2, 0) is 21.4 Å². The van der Waals surface area contributed by atoms with Gasteiger partial charge in [-0.1, -0.05) is 24.6 Å². The van der Waals surface area contributed by atoms with Gasteiger partial charge in [0.15, 0.2) is 0 Å². The minimum Gasteiger partial charge on any atom is -0.323 e. The molecule has 180 valence electrons. The number of sulfonamides is 1. The number of amidine groups is 1. The van der Waals surface area contributed by atoms with Gasteiger partial charge in [-0.05, 0) is 37.1 Å². The average Bonchev–Trinajstić information content (AvgIpc) is 3.52. The van der Waals surface area contributed by atoms with Gasteiger partial charge in [0.05, 0.1) is 29.0 Å². The summed E-state index contributed by atoms with van der Waals surface area (Å²) in [5.41, 5.74) is 3.02. The van der Waals surface area contributed by atoms with Crippen molar-refractivity contribution < 1.29 is 13.2 Å². The molecule has 3 aromatic heterocycles. The summed E-state index contributed by atoms with van der Waals surface area (Å²) in [5.74, 6) is 0.320. The Morgan fingerprint density at radius 2 is 1.91 bits per heavy atom. The van der Waals surface area contributed by atoms with Crippen molar-refractivity contribution in [3.63, 3.8) is 0 Å². The molecule has 0 bridgehead atoms. The van der Waals surface area contributed by atoms with E-state index in [0.717, 1.165) is 24.2 Å². The fraction of sp³-hybridized carbons (Fsp3) is 0.250. The number of carbonyl (C=O) groups is 1. The highest BCUT2D eigenvalue weighted by Gasteiger charge is 2.29. The van der Waals surface area contributed by atoms with Crippen molar-refractivity contribution in [3.05, 3.63) is 78.5 Å². The lowest BCUT2D eigenvalue weighted by atomic mass is 10.2. The Kier molecular flexibility index (Phi) is 6.32. The molecule has 5 rings (SSSR count). The Morgan fingerprint density at radius 1 is 1.06 bits per heavy atom. The molecule has 4 heterocycles. The zero-order valence-electron chi connectivity index (χ0n) is 19.0. The molecular weight excluding hydrogens is 466 g/mol. The second kappa shape index (κ2) is 9.71. The molecule has 0 saturated heterocycles. The number of aromatic nitrogens is 4. The number of anilines is 1. The lowest BCUT2D eigenvalue weighted by molar-refractivity contribution is -0.116. The topological polar surface area (TPSA) is 123 Å². The smallest absolute Gasteiger partial charge is 0.263 e. The van der Waals surface area contributed by atoms with E-state index in [1.54, 1.807) is 41.3 Å². The summed E-state index contributed by atoms with van der Waals surface area (Å²) in [6.45, 7) is 1.00. The number of amides is 1. The molecule has 10 nitrogen and oxygen atoms in total. The molecule has 0 aliphatic carbocycles. The van der Waals surface area contributed by atoms with Crippen LogP contribution < -0.4 is 10.0 Å². The summed E-state index contributed by atoms with van der Waals surface area (Å²) in [6.07, 6.45) is 10.0. The standard InChI is InChI=1S/C24H25N7O3S/c32-23(11-2-1-6-12-25-24-20-8-3-4-9-21(20)35(33,34)29-24)28-18-14-26-31(16-18)17-19-15-30-13-7-5-10-22(30)27-19/h3-5,7-10,13-16H,1-2,6,11-12,17H2,(H,25,29)(H,28,32). The van der Waals surface area contributed by atoms with Gasteiger partial charge in [0, 0.05) is 37.1 Å². The van der Waals surface area contributed by atoms with Crippen molar-refractivity contribution in [1.29, 1.82) is 0 Å². The first kappa shape index (κ1) is 22.8. The van der Waals surface area contributed by atoms with E-state index in [-0.39, 0.29) is 10.8 Å². The first-order chi connectivity index (χ1) is 17.0. The van der Waals surface area contributed by atoms with Gasteiger partial charge in [0.25, 0.3) is 10.0 Å². The number of nitrogens with one attached hydrogen (secondary N) is 2. The number of hydrogen-bond donors (Lipinski definition) is 2. The molecule has 1 aromatic carbocycles. The van der Waals surface area contributed by atoms with Crippen LogP contribution in [0.5, 0.6) is 0 Å². The first-order valence-corrected chi connectivity index (χ1v) is 12.9. The summed E-state index contributed by atoms with van der Waals surface area (Å²) in [5, 5.41) is 7.19. The molecule has 0 saturated carbocycles. The molecule has 1 amide bonds. The summed E-state index contributed by atoms with van der Waals surface area (Å²) in [4.78, 5) is 21.5. The monoisotopic (exact) mass is 491 g/mol. The molecular formula is C24H25N7O3S. The van der Waals surface area contributed by atoms with Gasteiger partial charge >= 0.3 is 0 Å². The summed E-state index contributed by atoms with van der Waals surface area (Å²) >= 11 is 0. The third-order valence-electron chi connectivity index (χ3n) is 5.65. The number of rotatable bonds is 9. The Hall–Kier alpha value is -3.99. The van der Waals surface area contributed by atoms with Crippen LogP contribution in [0.25, 0.3) is 5.65 Å². The van der Waals surface area contributed by atoms with E-state index in [1.165, 1.54) is 0 Å². The molecule has 0 spiro atoms. The number of imidazole rings is 1. The Morgan fingerprint density at radius 3 is 2.80 bits per heavy atom. The van der Waals surface area contributed by atoms with Gasteiger partial charge in [0.2, 0.25) is 5.91 Å².